The second-order valence-electron chi connectivity index (χ2n) is 6.06. The van der Waals surface area contributed by atoms with Crippen molar-refractivity contribution >= 4 is 21.8 Å². The number of halogens is 1. The largest absolute Gasteiger partial charge is 0.349 e. The lowest BCUT2D eigenvalue weighted by molar-refractivity contribution is 0.0463. The fourth-order valence-electron chi connectivity index (χ4n) is 3.63. The summed E-state index contributed by atoms with van der Waals surface area (Å²) in [6.45, 7) is 0. The first-order chi connectivity index (χ1) is 9.63. The zero-order valence-corrected chi connectivity index (χ0v) is 13.4. The maximum absolute atomic E-state index is 12.3. The first-order valence-corrected chi connectivity index (χ1v) is 8.21. The summed E-state index contributed by atoms with van der Waals surface area (Å²) in [5.41, 5.74) is 0.739. The van der Waals surface area contributed by atoms with Crippen LogP contribution in [0.4, 0.5) is 0 Å². The number of nitrogens with one attached hydrogen (secondary N) is 1. The van der Waals surface area contributed by atoms with Gasteiger partial charge in [0.2, 0.25) is 0 Å². The maximum Gasteiger partial charge on any atom is 0.251 e. The summed E-state index contributed by atoms with van der Waals surface area (Å²) in [7, 11) is 2.24. The van der Waals surface area contributed by atoms with Gasteiger partial charge in [-0.15, -0.1) is 0 Å². The fourth-order valence-corrected chi connectivity index (χ4v) is 4.03. The second-order valence-corrected chi connectivity index (χ2v) is 6.97. The number of carbonyl (C=O) groups is 1. The van der Waals surface area contributed by atoms with Crippen molar-refractivity contribution in [2.24, 2.45) is 0 Å². The Morgan fingerprint density at radius 1 is 1.30 bits per heavy atom. The molecule has 20 heavy (non-hydrogen) atoms. The molecule has 0 aliphatic carbocycles. The number of nitrogens with zero attached hydrogens (tertiary/aromatic N) is 1. The van der Waals surface area contributed by atoms with E-state index in [0.717, 1.165) is 22.9 Å². The molecule has 3 rings (SSSR count). The molecule has 2 atom stereocenters. The smallest absolute Gasteiger partial charge is 0.251 e. The minimum absolute atomic E-state index is 0.0546. The van der Waals surface area contributed by atoms with Gasteiger partial charge < -0.3 is 10.2 Å². The molecule has 1 aromatic rings. The van der Waals surface area contributed by atoms with Crippen LogP contribution in [0.1, 0.15) is 42.5 Å². The fraction of sp³-hybridized carbons (Fsp3) is 0.562. The molecule has 3 nitrogen and oxygen atoms in total. The summed E-state index contributed by atoms with van der Waals surface area (Å²) in [5.74, 6) is 0.0546. The average Bonchev–Trinajstić information content (AvgIpc) is 2.40. The third-order valence-corrected chi connectivity index (χ3v) is 5.26. The predicted molar refractivity (Wildman–Crippen MR) is 83.8 cm³/mol. The van der Waals surface area contributed by atoms with Crippen LogP contribution in [-0.2, 0) is 0 Å². The molecular weight excluding hydrogens is 316 g/mol. The van der Waals surface area contributed by atoms with Gasteiger partial charge in [0.25, 0.3) is 5.91 Å². The molecule has 0 aromatic heterocycles. The van der Waals surface area contributed by atoms with Gasteiger partial charge in [-0.2, -0.15) is 0 Å². The Bertz CT molecular complexity index is 491. The van der Waals surface area contributed by atoms with Gasteiger partial charge in [-0.1, -0.05) is 28.4 Å². The Hall–Kier alpha value is -0.870. The van der Waals surface area contributed by atoms with Crippen molar-refractivity contribution < 1.29 is 4.79 Å². The number of fused-ring (bicyclic) bond motifs is 2. The van der Waals surface area contributed by atoms with Crippen LogP contribution in [0.25, 0.3) is 0 Å². The number of amides is 1. The average molecular weight is 337 g/mol. The molecular formula is C16H21BrN2O. The van der Waals surface area contributed by atoms with Gasteiger partial charge in [0, 0.05) is 28.2 Å². The first kappa shape index (κ1) is 14.1. The van der Waals surface area contributed by atoms with E-state index in [0.29, 0.717) is 18.1 Å². The Balaban J connectivity index is 1.65. The SMILES string of the molecule is CN1C2CCCC1CC(NC(=O)c1cccc(Br)c1)C2. The zero-order chi connectivity index (χ0) is 14.1. The number of rotatable bonds is 2. The molecule has 2 aliphatic rings. The highest BCUT2D eigenvalue weighted by atomic mass is 79.9. The monoisotopic (exact) mass is 336 g/mol. The standard InChI is InChI=1S/C16H21BrN2O/c1-19-14-6-3-7-15(19)10-13(9-14)18-16(20)11-4-2-5-12(17)8-11/h2,4-5,8,13-15H,3,6-7,9-10H2,1H3,(H,18,20). The van der Waals surface area contributed by atoms with Gasteiger partial charge in [0.05, 0.1) is 0 Å². The highest BCUT2D eigenvalue weighted by Gasteiger charge is 2.36. The summed E-state index contributed by atoms with van der Waals surface area (Å²) >= 11 is 3.42. The van der Waals surface area contributed by atoms with E-state index < -0.39 is 0 Å². The molecule has 2 aliphatic heterocycles. The molecule has 2 saturated heterocycles. The molecule has 4 heteroatoms. The molecule has 0 saturated carbocycles. The topological polar surface area (TPSA) is 32.3 Å². The molecule has 2 fully saturated rings. The minimum Gasteiger partial charge on any atom is -0.349 e. The van der Waals surface area contributed by atoms with Crippen molar-refractivity contribution in [2.45, 2.75) is 50.2 Å². The van der Waals surface area contributed by atoms with E-state index in [1.165, 1.54) is 19.3 Å². The van der Waals surface area contributed by atoms with Gasteiger partial charge in [-0.25, -0.2) is 0 Å². The summed E-state index contributed by atoms with van der Waals surface area (Å²) in [4.78, 5) is 14.8. The molecule has 1 N–H and O–H groups in total. The van der Waals surface area contributed by atoms with Crippen LogP contribution in [0, 0.1) is 0 Å². The minimum atomic E-state index is 0.0546. The Kier molecular flexibility index (Phi) is 4.13. The van der Waals surface area contributed by atoms with E-state index in [9.17, 15) is 4.79 Å². The molecule has 2 heterocycles. The van der Waals surface area contributed by atoms with Crippen molar-refractivity contribution in [3.63, 3.8) is 0 Å². The number of hydrogen-bond donors (Lipinski definition) is 1. The van der Waals surface area contributed by atoms with Crippen molar-refractivity contribution in [2.75, 3.05) is 7.05 Å². The van der Waals surface area contributed by atoms with E-state index in [4.69, 9.17) is 0 Å². The molecule has 108 valence electrons. The van der Waals surface area contributed by atoms with E-state index in [-0.39, 0.29) is 5.91 Å². The lowest BCUT2D eigenvalue weighted by atomic mass is 9.82. The summed E-state index contributed by atoms with van der Waals surface area (Å²) < 4.78 is 0.949. The zero-order valence-electron chi connectivity index (χ0n) is 11.8. The van der Waals surface area contributed by atoms with Crippen molar-refractivity contribution in [1.29, 1.82) is 0 Å². The molecule has 2 unspecified atom stereocenters. The Morgan fingerprint density at radius 3 is 2.65 bits per heavy atom. The number of benzene rings is 1. The van der Waals surface area contributed by atoms with Crippen molar-refractivity contribution in [3.8, 4) is 0 Å². The predicted octanol–water partition coefficient (Wildman–Crippen LogP) is 3.19. The molecule has 1 aromatic carbocycles. The third-order valence-electron chi connectivity index (χ3n) is 4.76. The van der Waals surface area contributed by atoms with Crippen LogP contribution in [0.5, 0.6) is 0 Å². The van der Waals surface area contributed by atoms with Gasteiger partial charge in [-0.05, 0) is 50.9 Å². The maximum atomic E-state index is 12.3. The molecule has 2 bridgehead atoms. The lowest BCUT2D eigenvalue weighted by Crippen LogP contribution is -2.55. The number of hydrogen-bond acceptors (Lipinski definition) is 2. The van der Waals surface area contributed by atoms with E-state index in [1.807, 2.05) is 24.3 Å². The van der Waals surface area contributed by atoms with Crippen LogP contribution in [0.15, 0.2) is 28.7 Å². The quantitative estimate of drug-likeness (QED) is 0.899. The molecule has 1 amide bonds. The third kappa shape index (κ3) is 2.91. The van der Waals surface area contributed by atoms with Gasteiger partial charge in [-0.3, -0.25) is 4.79 Å². The molecule has 0 spiro atoms. The van der Waals surface area contributed by atoms with Crippen molar-refractivity contribution in [3.05, 3.63) is 34.3 Å². The van der Waals surface area contributed by atoms with Crippen LogP contribution in [0.3, 0.4) is 0 Å². The Morgan fingerprint density at radius 2 is 2.00 bits per heavy atom. The molecule has 0 radical (unpaired) electrons. The summed E-state index contributed by atoms with van der Waals surface area (Å²) in [5, 5.41) is 3.23. The number of carbonyl (C=O) groups excluding carboxylic acids is 1. The Labute approximate surface area is 128 Å². The normalized spacial score (nSPS) is 30.0. The van der Waals surface area contributed by atoms with Gasteiger partial charge >= 0.3 is 0 Å². The highest BCUT2D eigenvalue weighted by molar-refractivity contribution is 9.10. The van der Waals surface area contributed by atoms with E-state index in [1.54, 1.807) is 0 Å². The van der Waals surface area contributed by atoms with Crippen LogP contribution in [0.2, 0.25) is 0 Å². The summed E-state index contributed by atoms with van der Waals surface area (Å²) in [6, 6.07) is 9.22. The van der Waals surface area contributed by atoms with Crippen molar-refractivity contribution in [1.82, 2.24) is 10.2 Å². The van der Waals surface area contributed by atoms with Gasteiger partial charge in [0.15, 0.2) is 0 Å². The van der Waals surface area contributed by atoms with Crippen LogP contribution in [-0.4, -0.2) is 36.0 Å². The lowest BCUT2D eigenvalue weighted by Gasteiger charge is -2.47. The summed E-state index contributed by atoms with van der Waals surface area (Å²) in [6.07, 6.45) is 6.07. The number of piperidine rings is 2. The van der Waals surface area contributed by atoms with Gasteiger partial charge in [0.1, 0.15) is 0 Å². The van der Waals surface area contributed by atoms with Crippen LogP contribution >= 0.6 is 15.9 Å². The van der Waals surface area contributed by atoms with Crippen LogP contribution < -0.4 is 5.32 Å². The second kappa shape index (κ2) is 5.86. The van der Waals surface area contributed by atoms with E-state index >= 15 is 0 Å². The highest BCUT2D eigenvalue weighted by Crippen LogP contribution is 2.32. The van der Waals surface area contributed by atoms with E-state index in [2.05, 4.69) is 33.2 Å². The first-order valence-electron chi connectivity index (χ1n) is 7.42.